The number of thiophene rings is 1. The summed E-state index contributed by atoms with van der Waals surface area (Å²) in [5, 5.41) is 24.8. The van der Waals surface area contributed by atoms with Crippen LogP contribution in [0, 0.1) is 34.5 Å². The zero-order valence-electron chi connectivity index (χ0n) is 20.0. The number of allylic oxidation sites excluding steroid dienone is 4. The van der Waals surface area contributed by atoms with Crippen molar-refractivity contribution in [3.8, 4) is 0 Å². The molecule has 0 radical (unpaired) electrons. The smallest absolute Gasteiger partial charge is 0.287 e. The van der Waals surface area contributed by atoms with Crippen molar-refractivity contribution >= 4 is 28.8 Å². The summed E-state index contributed by atoms with van der Waals surface area (Å²) >= 11 is 1.32. The summed E-state index contributed by atoms with van der Waals surface area (Å²) in [6.07, 6.45) is 7.24. The highest BCUT2D eigenvalue weighted by Gasteiger charge is 2.75. The normalized spacial score (nSPS) is 43.8. The van der Waals surface area contributed by atoms with Crippen molar-refractivity contribution in [2.75, 3.05) is 13.2 Å². The van der Waals surface area contributed by atoms with Crippen molar-refractivity contribution in [2.24, 2.45) is 34.5 Å². The first-order chi connectivity index (χ1) is 16.7. The summed E-state index contributed by atoms with van der Waals surface area (Å²) < 4.78 is 0. The summed E-state index contributed by atoms with van der Waals surface area (Å²) in [6, 6.07) is 3.54. The van der Waals surface area contributed by atoms with E-state index < -0.39 is 34.9 Å². The molecule has 2 saturated carbocycles. The van der Waals surface area contributed by atoms with Gasteiger partial charge in [0.05, 0.1) is 17.5 Å². The molecule has 0 unspecified atom stereocenters. The Hall–Kier alpha value is -2.13. The van der Waals surface area contributed by atoms with Crippen LogP contribution in [0.4, 0.5) is 0 Å². The summed E-state index contributed by atoms with van der Waals surface area (Å²) in [5.74, 6) is -0.730. The van der Waals surface area contributed by atoms with Crippen LogP contribution in [0.5, 0.6) is 0 Å². The molecule has 2 heterocycles. The lowest BCUT2D eigenvalue weighted by molar-refractivity contribution is -0.233. The molecule has 6 rings (SSSR count). The number of aliphatic hydroxyl groups is 2. The maximum absolute atomic E-state index is 13.5. The minimum atomic E-state index is -1.35. The molecule has 3 fully saturated rings. The molecule has 8 atom stereocenters. The quantitative estimate of drug-likeness (QED) is 0.623. The highest BCUT2D eigenvalue weighted by Crippen LogP contribution is 2.70. The second-order valence-corrected chi connectivity index (χ2v) is 12.3. The summed E-state index contributed by atoms with van der Waals surface area (Å²) in [5.41, 5.74) is -1.41. The van der Waals surface area contributed by atoms with Gasteiger partial charge >= 0.3 is 0 Å². The van der Waals surface area contributed by atoms with Crippen LogP contribution in [0.15, 0.2) is 41.3 Å². The molecule has 1 saturated heterocycles. The Bertz CT molecular complexity index is 1160. The van der Waals surface area contributed by atoms with E-state index in [2.05, 4.69) is 13.0 Å². The van der Waals surface area contributed by atoms with Gasteiger partial charge in [0.15, 0.2) is 17.2 Å². The lowest BCUT2D eigenvalue weighted by Crippen LogP contribution is -2.63. The van der Waals surface area contributed by atoms with Gasteiger partial charge in [-0.05, 0) is 48.6 Å². The number of hydrogen-bond donors (Lipinski definition) is 2. The second-order valence-electron chi connectivity index (χ2n) is 11.4. The van der Waals surface area contributed by atoms with Crippen LogP contribution in [0.3, 0.4) is 0 Å². The lowest BCUT2D eigenvalue weighted by atomic mass is 9.47. The van der Waals surface area contributed by atoms with Gasteiger partial charge in [0.2, 0.25) is 0 Å². The fourth-order valence-electron chi connectivity index (χ4n) is 8.54. The maximum Gasteiger partial charge on any atom is 0.287 e. The van der Waals surface area contributed by atoms with Crippen LogP contribution in [0.2, 0.25) is 0 Å². The van der Waals surface area contributed by atoms with E-state index in [4.69, 9.17) is 4.84 Å². The molecule has 1 aromatic rings. The third-order valence-electron chi connectivity index (χ3n) is 9.96. The Morgan fingerprint density at radius 1 is 1.31 bits per heavy atom. The van der Waals surface area contributed by atoms with Gasteiger partial charge in [0, 0.05) is 29.1 Å². The second kappa shape index (κ2) is 7.68. The van der Waals surface area contributed by atoms with E-state index in [1.807, 2.05) is 18.4 Å². The number of aliphatic hydroxyl groups excluding tert-OH is 2. The number of rotatable bonds is 3. The molecule has 2 N–H and O–H groups in total. The monoisotopic (exact) mass is 497 g/mol. The molecule has 0 spiro atoms. The van der Waals surface area contributed by atoms with Gasteiger partial charge in [-0.2, -0.15) is 0 Å². The van der Waals surface area contributed by atoms with Crippen LogP contribution in [0.1, 0.15) is 49.2 Å². The molecule has 1 aliphatic heterocycles. The number of nitrogens with zero attached hydrogens (tertiary/aromatic N) is 1. The number of Topliss-reactive ketones (excluding diaryl/α,β-unsaturated/α-hetero) is 1. The van der Waals surface area contributed by atoms with E-state index in [9.17, 15) is 24.6 Å². The molecule has 5 aliphatic rings. The number of fused-ring (bicyclic) bond motifs is 7. The Labute approximate surface area is 208 Å². The van der Waals surface area contributed by atoms with E-state index in [1.165, 1.54) is 16.4 Å². The van der Waals surface area contributed by atoms with Crippen LogP contribution in [-0.4, -0.2) is 57.6 Å². The molecular formula is C27H31NO6S. The fraction of sp³-hybridized carbons (Fsp3) is 0.593. The Morgan fingerprint density at radius 3 is 2.83 bits per heavy atom. The molecule has 1 amide bonds. The topological polar surface area (TPSA) is 104 Å². The largest absolute Gasteiger partial charge is 0.393 e. The van der Waals surface area contributed by atoms with E-state index in [1.54, 1.807) is 18.2 Å². The molecule has 0 aromatic carbocycles. The van der Waals surface area contributed by atoms with E-state index in [-0.39, 0.29) is 41.9 Å². The molecule has 186 valence electrons. The van der Waals surface area contributed by atoms with Crippen LogP contribution < -0.4 is 0 Å². The minimum Gasteiger partial charge on any atom is -0.393 e. The average Bonchev–Trinajstić information content (AvgIpc) is 3.54. The summed E-state index contributed by atoms with van der Waals surface area (Å²) in [6.45, 7) is 3.74. The first-order valence-electron chi connectivity index (χ1n) is 12.4. The molecule has 7 nitrogen and oxygen atoms in total. The van der Waals surface area contributed by atoms with Gasteiger partial charge in [-0.15, -0.1) is 11.3 Å². The number of carbonyl (C=O) groups excluding carboxylic acids is 3. The first-order valence-corrected chi connectivity index (χ1v) is 13.3. The summed E-state index contributed by atoms with van der Waals surface area (Å²) in [7, 11) is 0. The Kier molecular flexibility index (Phi) is 5.11. The number of hydroxylamine groups is 2. The number of amides is 1. The van der Waals surface area contributed by atoms with Crippen molar-refractivity contribution in [1.82, 2.24) is 5.06 Å². The van der Waals surface area contributed by atoms with Gasteiger partial charge in [0.1, 0.15) is 6.61 Å². The zero-order chi connectivity index (χ0) is 24.8. The molecule has 8 heteroatoms. The fourth-order valence-corrected chi connectivity index (χ4v) is 9.20. The zero-order valence-corrected chi connectivity index (χ0v) is 20.8. The predicted molar refractivity (Wildman–Crippen MR) is 128 cm³/mol. The van der Waals surface area contributed by atoms with Crippen molar-refractivity contribution in [2.45, 2.75) is 51.2 Å². The van der Waals surface area contributed by atoms with Crippen LogP contribution in [0.25, 0.3) is 0 Å². The molecular weight excluding hydrogens is 466 g/mol. The van der Waals surface area contributed by atoms with Crippen LogP contribution in [-0.2, 0) is 14.4 Å². The van der Waals surface area contributed by atoms with Gasteiger partial charge in [0.25, 0.3) is 5.91 Å². The molecule has 35 heavy (non-hydrogen) atoms. The SMILES string of the molecule is C[C@]12C=CC(=O)CC1=CC[C@@H]1[C@@H]2[C@@H](O)C[C@@]2(C)[C@H]1C[C@H]1CN(C(=O)c3cccs3)O[C@]12C(=O)CO. The minimum absolute atomic E-state index is 0.0612. The third-order valence-corrected chi connectivity index (χ3v) is 10.8. The highest BCUT2D eigenvalue weighted by atomic mass is 32.1. The lowest BCUT2D eigenvalue weighted by Gasteiger charge is -2.59. The van der Waals surface area contributed by atoms with Crippen LogP contribution >= 0.6 is 11.3 Å². The Morgan fingerprint density at radius 2 is 2.11 bits per heavy atom. The van der Waals surface area contributed by atoms with Crippen molar-refractivity contribution in [3.05, 3.63) is 46.2 Å². The molecule has 4 aliphatic carbocycles. The number of carbonyl (C=O) groups is 3. The van der Waals surface area contributed by atoms with E-state index in [0.29, 0.717) is 24.1 Å². The standard InChI is InChI=1S/C27H31NO6S/c1-25-8-7-17(30)10-15(25)5-6-18-19-11-16-13-28(24(33)21-4-3-9-35-21)34-27(16,22(32)14-29)26(19,2)12-20(31)23(18)25/h3-5,7-9,16,18-20,23,29,31H,6,10-14H2,1-2H3/t16-,18-,19-,20-,23+,25-,26-,27-/m0/s1. The van der Waals surface area contributed by atoms with Gasteiger partial charge in [-0.25, -0.2) is 5.06 Å². The van der Waals surface area contributed by atoms with Gasteiger partial charge in [-0.1, -0.05) is 37.6 Å². The van der Waals surface area contributed by atoms with E-state index >= 15 is 0 Å². The number of hydrogen-bond acceptors (Lipinski definition) is 7. The average molecular weight is 498 g/mol. The van der Waals surface area contributed by atoms with Crippen molar-refractivity contribution in [1.29, 1.82) is 0 Å². The maximum atomic E-state index is 13.5. The van der Waals surface area contributed by atoms with Gasteiger partial charge in [-0.3, -0.25) is 19.2 Å². The first kappa shape index (κ1) is 23.3. The number of ketones is 2. The Balaban J connectivity index is 1.39. The third kappa shape index (κ3) is 2.91. The van der Waals surface area contributed by atoms with E-state index in [0.717, 1.165) is 12.0 Å². The highest BCUT2D eigenvalue weighted by molar-refractivity contribution is 7.12. The van der Waals surface area contributed by atoms with Crippen molar-refractivity contribution in [3.63, 3.8) is 0 Å². The molecule has 0 bridgehead atoms. The predicted octanol–water partition coefficient (Wildman–Crippen LogP) is 2.94. The van der Waals surface area contributed by atoms with Gasteiger partial charge < -0.3 is 10.2 Å². The van der Waals surface area contributed by atoms with Crippen molar-refractivity contribution < 1.29 is 29.4 Å². The molecule has 1 aromatic heterocycles. The summed E-state index contributed by atoms with van der Waals surface area (Å²) in [4.78, 5) is 45.6.